The van der Waals surface area contributed by atoms with Gasteiger partial charge in [0.25, 0.3) is 5.56 Å². The summed E-state index contributed by atoms with van der Waals surface area (Å²) in [5.74, 6) is -0.467. The lowest BCUT2D eigenvalue weighted by Gasteiger charge is -2.15. The highest BCUT2D eigenvalue weighted by Crippen LogP contribution is 2.32. The molecule has 0 spiro atoms. The molecule has 2 aromatic heterocycles. The summed E-state index contributed by atoms with van der Waals surface area (Å²) < 4.78 is 48.3. The van der Waals surface area contributed by atoms with Crippen LogP contribution in [0.2, 0.25) is 0 Å². The molecule has 0 aliphatic heterocycles. The zero-order chi connectivity index (χ0) is 29.5. The normalized spacial score (nSPS) is 11.9. The number of rotatable bonds is 5. The van der Waals surface area contributed by atoms with Gasteiger partial charge in [0.05, 0.1) is 35.4 Å². The highest BCUT2D eigenvalue weighted by Gasteiger charge is 2.31. The fourth-order valence-corrected chi connectivity index (χ4v) is 4.86. The van der Waals surface area contributed by atoms with Gasteiger partial charge in [-0.3, -0.25) is 4.79 Å². The molecule has 0 aliphatic rings. The quantitative estimate of drug-likeness (QED) is 0.183. The van der Waals surface area contributed by atoms with Crippen molar-refractivity contribution in [2.75, 3.05) is 7.11 Å². The first kappa shape index (κ1) is 27.6. The average molecular weight is 559 g/mol. The lowest BCUT2D eigenvalue weighted by atomic mass is 10.1. The van der Waals surface area contributed by atoms with Crippen LogP contribution >= 0.6 is 0 Å². The van der Waals surface area contributed by atoms with E-state index in [-0.39, 0.29) is 16.8 Å². The minimum atomic E-state index is -4.57. The summed E-state index contributed by atoms with van der Waals surface area (Å²) in [6, 6.07) is 18.4. The fraction of sp³-hybridized carbons (Fsp3) is 0.161. The largest absolute Gasteiger partial charge is 0.465 e. The van der Waals surface area contributed by atoms with Gasteiger partial charge in [-0.15, -0.1) is 0 Å². The van der Waals surface area contributed by atoms with E-state index in [4.69, 9.17) is 4.74 Å². The van der Waals surface area contributed by atoms with Crippen molar-refractivity contribution >= 4 is 23.1 Å². The standard InChI is InChI=1S/C31H25F3N4O3/c1-18-15-22(20(3)37(18)27-14-8-12-24(19(27)2)30(40)41-4)17-35-38-28(21-9-7-10-23(16-21)31(32,33)34)36-26-13-6-5-11-25(26)29(38)39/h5-17H,1-4H3. The molecule has 10 heteroatoms. The monoisotopic (exact) mass is 558 g/mol. The van der Waals surface area contributed by atoms with E-state index in [0.717, 1.165) is 39.4 Å². The number of methoxy groups -OCH3 is 1. The Morgan fingerprint density at radius 3 is 2.44 bits per heavy atom. The van der Waals surface area contributed by atoms with Crippen LogP contribution < -0.4 is 5.56 Å². The molecule has 5 aromatic rings. The molecule has 0 N–H and O–H groups in total. The summed E-state index contributed by atoms with van der Waals surface area (Å²) >= 11 is 0. The Bertz CT molecular complexity index is 1900. The molecule has 0 unspecified atom stereocenters. The highest BCUT2D eigenvalue weighted by molar-refractivity contribution is 5.92. The maximum absolute atomic E-state index is 13.5. The second-order valence-corrected chi connectivity index (χ2v) is 9.50. The SMILES string of the molecule is COC(=O)c1cccc(-n2c(C)cc(C=Nn3c(-c4cccc(C(F)(F)F)c4)nc4ccccc4c3=O)c2C)c1C. The number of carbonyl (C=O) groups is 1. The maximum atomic E-state index is 13.5. The predicted octanol–water partition coefficient (Wildman–Crippen LogP) is 6.47. The molecule has 0 saturated heterocycles. The van der Waals surface area contributed by atoms with E-state index >= 15 is 0 Å². The van der Waals surface area contributed by atoms with Crippen molar-refractivity contribution in [2.24, 2.45) is 5.10 Å². The second kappa shape index (κ2) is 10.5. The topological polar surface area (TPSA) is 78.5 Å². The summed E-state index contributed by atoms with van der Waals surface area (Å²) in [4.78, 5) is 30.3. The van der Waals surface area contributed by atoms with E-state index in [2.05, 4.69) is 10.1 Å². The van der Waals surface area contributed by atoms with Crippen LogP contribution in [-0.2, 0) is 10.9 Å². The molecule has 3 aromatic carbocycles. The van der Waals surface area contributed by atoms with Crippen molar-refractivity contribution in [1.29, 1.82) is 0 Å². The zero-order valence-corrected chi connectivity index (χ0v) is 22.7. The van der Waals surface area contributed by atoms with Gasteiger partial charge in [-0.2, -0.15) is 22.9 Å². The molecule has 0 aliphatic carbocycles. The Morgan fingerprint density at radius 1 is 0.976 bits per heavy atom. The number of benzene rings is 3. The Morgan fingerprint density at radius 2 is 1.71 bits per heavy atom. The van der Waals surface area contributed by atoms with E-state index in [1.165, 1.54) is 25.5 Å². The van der Waals surface area contributed by atoms with Gasteiger partial charge in [0, 0.05) is 28.2 Å². The summed E-state index contributed by atoms with van der Waals surface area (Å²) in [5.41, 5.74) is 3.29. The molecule has 5 rings (SSSR count). The number of aromatic nitrogens is 3. The minimum Gasteiger partial charge on any atom is -0.465 e. The molecule has 7 nitrogen and oxygen atoms in total. The van der Waals surface area contributed by atoms with Crippen LogP contribution in [0.5, 0.6) is 0 Å². The molecular formula is C31H25F3N4O3. The third-order valence-corrected chi connectivity index (χ3v) is 6.94. The Labute approximate surface area is 233 Å². The second-order valence-electron chi connectivity index (χ2n) is 9.50. The molecule has 0 bridgehead atoms. The Balaban J connectivity index is 1.66. The van der Waals surface area contributed by atoms with Crippen molar-refractivity contribution in [2.45, 2.75) is 26.9 Å². The van der Waals surface area contributed by atoms with E-state index in [9.17, 15) is 22.8 Å². The molecule has 0 saturated carbocycles. The van der Waals surface area contributed by atoms with Gasteiger partial charge < -0.3 is 9.30 Å². The molecule has 2 heterocycles. The van der Waals surface area contributed by atoms with Gasteiger partial charge in [0.1, 0.15) is 0 Å². The van der Waals surface area contributed by atoms with Crippen LogP contribution in [-0.4, -0.2) is 33.5 Å². The first-order chi connectivity index (χ1) is 19.5. The number of nitrogens with zero attached hydrogens (tertiary/aromatic N) is 4. The number of para-hydroxylation sites is 1. The van der Waals surface area contributed by atoms with Crippen LogP contribution in [0.1, 0.15) is 38.4 Å². The Kier molecular flexibility index (Phi) is 7.08. The predicted molar refractivity (Wildman–Crippen MR) is 151 cm³/mol. The first-order valence-corrected chi connectivity index (χ1v) is 12.6. The fourth-order valence-electron chi connectivity index (χ4n) is 4.86. The molecule has 41 heavy (non-hydrogen) atoms. The van der Waals surface area contributed by atoms with Crippen molar-refractivity contribution in [3.63, 3.8) is 0 Å². The van der Waals surface area contributed by atoms with Crippen LogP contribution in [0.15, 0.2) is 82.7 Å². The first-order valence-electron chi connectivity index (χ1n) is 12.6. The number of ether oxygens (including phenoxy) is 1. The Hall–Kier alpha value is -4.99. The smallest absolute Gasteiger partial charge is 0.416 e. The highest BCUT2D eigenvalue weighted by atomic mass is 19.4. The molecule has 208 valence electrons. The number of halogens is 3. The molecule has 0 fully saturated rings. The molecular weight excluding hydrogens is 533 g/mol. The number of hydrogen-bond acceptors (Lipinski definition) is 5. The van der Waals surface area contributed by atoms with E-state index < -0.39 is 23.3 Å². The van der Waals surface area contributed by atoms with Gasteiger partial charge >= 0.3 is 12.1 Å². The summed E-state index contributed by atoms with van der Waals surface area (Å²) in [6.45, 7) is 5.59. The van der Waals surface area contributed by atoms with Gasteiger partial charge in [-0.1, -0.05) is 30.3 Å². The number of esters is 1. The van der Waals surface area contributed by atoms with Gasteiger partial charge in [0.15, 0.2) is 5.82 Å². The lowest BCUT2D eigenvalue weighted by Crippen LogP contribution is -2.20. The van der Waals surface area contributed by atoms with Crippen molar-refractivity contribution in [3.8, 4) is 17.1 Å². The van der Waals surface area contributed by atoms with Gasteiger partial charge in [-0.25, -0.2) is 9.78 Å². The van der Waals surface area contributed by atoms with E-state index in [1.54, 1.807) is 36.4 Å². The third kappa shape index (κ3) is 5.04. The number of aryl methyl sites for hydroxylation is 1. The van der Waals surface area contributed by atoms with Crippen LogP contribution in [0.3, 0.4) is 0 Å². The summed E-state index contributed by atoms with van der Waals surface area (Å²) in [5, 5.41) is 4.71. The minimum absolute atomic E-state index is 0.0218. The number of hydrogen-bond donors (Lipinski definition) is 0. The van der Waals surface area contributed by atoms with Crippen molar-refractivity contribution < 1.29 is 22.7 Å². The summed E-state index contributed by atoms with van der Waals surface area (Å²) in [7, 11) is 1.33. The van der Waals surface area contributed by atoms with Crippen molar-refractivity contribution in [3.05, 3.63) is 117 Å². The van der Waals surface area contributed by atoms with Crippen LogP contribution in [0, 0.1) is 20.8 Å². The molecule has 0 radical (unpaired) electrons. The van der Waals surface area contributed by atoms with Gasteiger partial charge in [-0.05, 0) is 68.8 Å². The van der Waals surface area contributed by atoms with E-state index in [1.807, 2.05) is 37.5 Å². The van der Waals surface area contributed by atoms with Gasteiger partial charge in [0.2, 0.25) is 0 Å². The molecule has 0 atom stereocenters. The van der Waals surface area contributed by atoms with Crippen LogP contribution in [0.4, 0.5) is 13.2 Å². The molecule has 0 amide bonds. The number of alkyl halides is 3. The number of fused-ring (bicyclic) bond motifs is 1. The van der Waals surface area contributed by atoms with Crippen LogP contribution in [0.25, 0.3) is 28.0 Å². The average Bonchev–Trinajstić information content (AvgIpc) is 3.24. The van der Waals surface area contributed by atoms with Crippen molar-refractivity contribution in [1.82, 2.24) is 14.2 Å². The zero-order valence-electron chi connectivity index (χ0n) is 22.7. The third-order valence-electron chi connectivity index (χ3n) is 6.94. The maximum Gasteiger partial charge on any atom is 0.416 e. The lowest BCUT2D eigenvalue weighted by molar-refractivity contribution is -0.137. The summed E-state index contributed by atoms with van der Waals surface area (Å²) in [6.07, 6.45) is -3.09. The van der Waals surface area contributed by atoms with E-state index in [0.29, 0.717) is 16.6 Å². The number of carbonyl (C=O) groups excluding carboxylic acids is 1.